The van der Waals surface area contributed by atoms with E-state index in [1.165, 1.54) is 43.4 Å². The first-order chi connectivity index (χ1) is 24.1. The van der Waals surface area contributed by atoms with Gasteiger partial charge in [0.15, 0.2) is 0 Å². The van der Waals surface area contributed by atoms with Gasteiger partial charge in [-0.3, -0.25) is 13.9 Å². The second-order valence-corrected chi connectivity index (χ2v) is 14.9. The summed E-state index contributed by atoms with van der Waals surface area (Å²) >= 11 is 12.6. The number of carbonyl (C=O) groups excluding carboxylic acids is 2. The highest BCUT2D eigenvalue weighted by Gasteiger charge is 2.36. The highest BCUT2D eigenvalue weighted by molar-refractivity contribution is 7.92. The van der Waals surface area contributed by atoms with Crippen molar-refractivity contribution >= 4 is 50.7 Å². The van der Waals surface area contributed by atoms with Crippen LogP contribution in [0.5, 0.6) is 11.5 Å². The average molecular weight is 739 g/mol. The summed E-state index contributed by atoms with van der Waals surface area (Å²) in [6.07, 6.45) is 5.04. The van der Waals surface area contributed by atoms with Crippen LogP contribution in [0.3, 0.4) is 0 Å². The van der Waals surface area contributed by atoms with Gasteiger partial charge in [0.05, 0.1) is 34.8 Å². The minimum Gasteiger partial charge on any atom is -0.497 e. The van der Waals surface area contributed by atoms with Gasteiger partial charge in [0.1, 0.15) is 24.1 Å². The van der Waals surface area contributed by atoms with Gasteiger partial charge in [0.2, 0.25) is 11.8 Å². The summed E-state index contributed by atoms with van der Waals surface area (Å²) in [5.41, 5.74) is 1.63. The summed E-state index contributed by atoms with van der Waals surface area (Å²) in [5.74, 6) is -0.177. The van der Waals surface area contributed by atoms with Gasteiger partial charge < -0.3 is 19.7 Å². The Morgan fingerprint density at radius 2 is 1.50 bits per heavy atom. The minimum absolute atomic E-state index is 0.0167. The molecule has 1 saturated carbocycles. The number of anilines is 1. The Morgan fingerprint density at radius 1 is 0.820 bits per heavy atom. The van der Waals surface area contributed by atoms with Crippen LogP contribution in [0.4, 0.5) is 5.69 Å². The number of para-hydroxylation sites is 2. The molecule has 0 spiro atoms. The number of hydrogen-bond donors (Lipinski definition) is 1. The molecule has 4 aromatic carbocycles. The van der Waals surface area contributed by atoms with Crippen LogP contribution in [0.25, 0.3) is 0 Å². The quantitative estimate of drug-likeness (QED) is 0.146. The summed E-state index contributed by atoms with van der Waals surface area (Å²) in [7, 11) is -1.42. The van der Waals surface area contributed by atoms with Crippen molar-refractivity contribution < 1.29 is 27.5 Å². The van der Waals surface area contributed by atoms with E-state index in [9.17, 15) is 18.0 Å². The molecule has 12 heteroatoms. The van der Waals surface area contributed by atoms with E-state index in [4.69, 9.17) is 32.7 Å². The molecule has 2 amide bonds. The normalized spacial score (nSPS) is 14.0. The Hall–Kier alpha value is -4.25. The van der Waals surface area contributed by atoms with E-state index in [0.29, 0.717) is 21.4 Å². The minimum atomic E-state index is -4.34. The van der Waals surface area contributed by atoms with E-state index in [1.807, 2.05) is 30.3 Å². The van der Waals surface area contributed by atoms with E-state index in [2.05, 4.69) is 5.32 Å². The molecule has 1 N–H and O–H groups in total. The van der Waals surface area contributed by atoms with Crippen molar-refractivity contribution in [2.24, 2.45) is 0 Å². The van der Waals surface area contributed by atoms with Gasteiger partial charge in [0.25, 0.3) is 10.0 Å². The molecule has 1 atom stereocenters. The van der Waals surface area contributed by atoms with E-state index in [-0.39, 0.29) is 41.2 Å². The Bertz CT molecular complexity index is 1870. The number of nitrogens with one attached hydrogen (secondary N) is 1. The van der Waals surface area contributed by atoms with Gasteiger partial charge in [0, 0.05) is 19.0 Å². The first-order valence-electron chi connectivity index (χ1n) is 16.5. The highest BCUT2D eigenvalue weighted by Crippen LogP contribution is 2.33. The number of benzene rings is 4. The Kier molecular flexibility index (Phi) is 12.7. The molecule has 4 aromatic rings. The molecule has 264 valence electrons. The predicted molar refractivity (Wildman–Crippen MR) is 196 cm³/mol. The SMILES string of the molecule is COc1ccc(S(=O)(=O)N(CC(=O)N(Cc2ccc(Cl)c(Cl)c2)[C@@H](Cc2ccccc2)C(=O)NC2CCCCC2)c2ccccc2OC)cc1. The summed E-state index contributed by atoms with van der Waals surface area (Å²) in [6, 6.07) is 26.0. The lowest BCUT2D eigenvalue weighted by atomic mass is 9.94. The number of nitrogens with zero attached hydrogens (tertiary/aromatic N) is 2. The molecule has 5 rings (SSSR count). The molecule has 1 aliphatic carbocycles. The van der Waals surface area contributed by atoms with Crippen LogP contribution in [0.2, 0.25) is 10.0 Å². The van der Waals surface area contributed by atoms with Gasteiger partial charge in [-0.1, -0.05) is 91.0 Å². The van der Waals surface area contributed by atoms with Crippen LogP contribution in [0.1, 0.15) is 43.2 Å². The number of rotatable bonds is 14. The fourth-order valence-electron chi connectivity index (χ4n) is 6.16. The van der Waals surface area contributed by atoms with Crippen molar-refractivity contribution in [1.29, 1.82) is 0 Å². The summed E-state index contributed by atoms with van der Waals surface area (Å²) in [4.78, 5) is 30.5. The third-order valence-electron chi connectivity index (χ3n) is 8.84. The molecule has 50 heavy (non-hydrogen) atoms. The number of amides is 2. The lowest BCUT2D eigenvalue weighted by Crippen LogP contribution is -2.55. The second-order valence-electron chi connectivity index (χ2n) is 12.2. The van der Waals surface area contributed by atoms with Crippen molar-refractivity contribution in [1.82, 2.24) is 10.2 Å². The first-order valence-corrected chi connectivity index (χ1v) is 18.7. The predicted octanol–water partition coefficient (Wildman–Crippen LogP) is 7.29. The maximum Gasteiger partial charge on any atom is 0.264 e. The van der Waals surface area contributed by atoms with Crippen molar-refractivity contribution in [2.75, 3.05) is 25.1 Å². The van der Waals surface area contributed by atoms with Crippen LogP contribution in [-0.4, -0.2) is 58.0 Å². The molecule has 0 aliphatic heterocycles. The summed E-state index contributed by atoms with van der Waals surface area (Å²) in [5, 5.41) is 3.84. The molecular formula is C38H41Cl2N3O6S. The number of hydrogen-bond acceptors (Lipinski definition) is 6. The number of methoxy groups -OCH3 is 2. The molecule has 1 aliphatic rings. The molecule has 0 saturated heterocycles. The Labute approximate surface area is 304 Å². The molecule has 9 nitrogen and oxygen atoms in total. The lowest BCUT2D eigenvalue weighted by molar-refractivity contribution is -0.140. The van der Waals surface area contributed by atoms with Crippen molar-refractivity contribution in [2.45, 2.75) is 62.0 Å². The largest absolute Gasteiger partial charge is 0.497 e. The number of sulfonamides is 1. The molecule has 0 heterocycles. The second kappa shape index (κ2) is 17.1. The van der Waals surface area contributed by atoms with Gasteiger partial charge in [-0.05, 0) is 72.5 Å². The maximum absolute atomic E-state index is 14.8. The monoisotopic (exact) mass is 737 g/mol. The van der Waals surface area contributed by atoms with Crippen LogP contribution >= 0.6 is 23.2 Å². The Morgan fingerprint density at radius 3 is 2.16 bits per heavy atom. The smallest absolute Gasteiger partial charge is 0.264 e. The van der Waals surface area contributed by atoms with E-state index >= 15 is 0 Å². The summed E-state index contributed by atoms with van der Waals surface area (Å²) < 4.78 is 40.6. The van der Waals surface area contributed by atoms with E-state index in [0.717, 1.165) is 42.0 Å². The standard InChI is InChI=1S/C38H41Cl2N3O6S/c1-48-30-18-20-31(21-19-30)50(46,47)43(34-15-9-10-16-36(34)49-2)26-37(44)42(25-28-17-22-32(39)33(40)23-28)35(24-27-11-5-3-6-12-27)38(45)41-29-13-7-4-8-14-29/h3,5-6,9-12,15-23,29,35H,4,7-8,13-14,24-26H2,1-2H3,(H,41,45)/t35-/m0/s1. The van der Waals surface area contributed by atoms with E-state index < -0.39 is 28.5 Å². The van der Waals surface area contributed by atoms with Crippen molar-refractivity contribution in [3.05, 3.63) is 118 Å². The zero-order chi connectivity index (χ0) is 35.7. The Balaban J connectivity index is 1.59. The van der Waals surface area contributed by atoms with Gasteiger partial charge in [-0.25, -0.2) is 8.42 Å². The van der Waals surface area contributed by atoms with Crippen LogP contribution in [0.15, 0.2) is 102 Å². The molecule has 1 fully saturated rings. The lowest BCUT2D eigenvalue weighted by Gasteiger charge is -2.35. The van der Waals surface area contributed by atoms with Crippen LogP contribution in [0, 0.1) is 0 Å². The van der Waals surface area contributed by atoms with E-state index in [1.54, 1.807) is 42.5 Å². The zero-order valence-electron chi connectivity index (χ0n) is 28.1. The number of carbonyl (C=O) groups is 2. The van der Waals surface area contributed by atoms with Crippen LogP contribution in [-0.2, 0) is 32.6 Å². The first kappa shape index (κ1) is 37.0. The molecule has 0 radical (unpaired) electrons. The van der Waals surface area contributed by atoms with Crippen LogP contribution < -0.4 is 19.1 Å². The highest BCUT2D eigenvalue weighted by atomic mass is 35.5. The maximum atomic E-state index is 14.8. The van der Waals surface area contributed by atoms with Gasteiger partial charge in [-0.15, -0.1) is 0 Å². The molecule has 0 aromatic heterocycles. The third-order valence-corrected chi connectivity index (χ3v) is 11.4. The average Bonchev–Trinajstić information content (AvgIpc) is 3.14. The van der Waals surface area contributed by atoms with Crippen molar-refractivity contribution in [3.63, 3.8) is 0 Å². The fraction of sp³-hybridized carbons (Fsp3) is 0.316. The fourth-order valence-corrected chi connectivity index (χ4v) is 7.90. The topological polar surface area (TPSA) is 105 Å². The number of ether oxygens (including phenoxy) is 2. The zero-order valence-corrected chi connectivity index (χ0v) is 30.4. The molecule has 0 unspecified atom stereocenters. The van der Waals surface area contributed by atoms with Gasteiger partial charge >= 0.3 is 0 Å². The van der Waals surface area contributed by atoms with Gasteiger partial charge in [-0.2, -0.15) is 0 Å². The molecule has 0 bridgehead atoms. The number of halogens is 2. The third kappa shape index (κ3) is 9.10. The molecular weight excluding hydrogens is 697 g/mol. The van der Waals surface area contributed by atoms with Crippen molar-refractivity contribution in [3.8, 4) is 11.5 Å². The summed E-state index contributed by atoms with van der Waals surface area (Å²) in [6.45, 7) is -0.661.